The molecule has 1 aliphatic rings. The van der Waals surface area contributed by atoms with Crippen LogP contribution in [-0.4, -0.2) is 10.8 Å². The molecule has 1 unspecified atom stereocenters. The predicted molar refractivity (Wildman–Crippen MR) is 74.2 cm³/mol. The number of nitrogens with one attached hydrogen (secondary N) is 1. The lowest BCUT2D eigenvalue weighted by Crippen LogP contribution is -2.10. The van der Waals surface area contributed by atoms with Gasteiger partial charge in [0.25, 0.3) is 0 Å². The highest BCUT2D eigenvalue weighted by Crippen LogP contribution is 2.31. The fourth-order valence-electron chi connectivity index (χ4n) is 2.17. The topological polar surface area (TPSA) is 44.6 Å². The summed E-state index contributed by atoms with van der Waals surface area (Å²) in [6.07, 6.45) is 0.817. The lowest BCUT2D eigenvalue weighted by Gasteiger charge is -2.12. The molecule has 3 rings (SSSR count). The smallest absolute Gasteiger partial charge is 0.121 e. The Balaban J connectivity index is 1.82. The number of benzene rings is 1. The van der Waals surface area contributed by atoms with Crippen LogP contribution in [-0.2, 0) is 0 Å². The molecule has 0 saturated heterocycles. The molecule has 4 heteroatoms. The van der Waals surface area contributed by atoms with Gasteiger partial charge in [0.1, 0.15) is 5.75 Å². The maximum atomic E-state index is 9.98. The third kappa shape index (κ3) is 1.99. The van der Waals surface area contributed by atoms with Crippen LogP contribution < -0.4 is 5.43 Å². The van der Waals surface area contributed by atoms with Crippen LogP contribution in [0.4, 0.5) is 0 Å². The van der Waals surface area contributed by atoms with Crippen LogP contribution >= 0.6 is 11.3 Å². The second kappa shape index (κ2) is 4.46. The molecule has 0 fully saturated rings. The highest BCUT2D eigenvalue weighted by molar-refractivity contribution is 7.12. The van der Waals surface area contributed by atoms with Crippen molar-refractivity contribution in [1.29, 1.82) is 0 Å². The van der Waals surface area contributed by atoms with E-state index in [4.69, 9.17) is 0 Å². The molecule has 1 aromatic carbocycles. The molecule has 0 amide bonds. The van der Waals surface area contributed by atoms with E-state index in [0.29, 0.717) is 5.75 Å². The molecule has 1 atom stereocenters. The van der Waals surface area contributed by atoms with E-state index in [2.05, 4.69) is 22.0 Å². The lowest BCUT2D eigenvalue weighted by molar-refractivity contribution is 0.455. The molecule has 2 aromatic rings. The fraction of sp³-hybridized carbons (Fsp3) is 0.214. The van der Waals surface area contributed by atoms with Crippen molar-refractivity contribution in [2.45, 2.75) is 19.4 Å². The zero-order valence-electron chi connectivity index (χ0n) is 10.1. The van der Waals surface area contributed by atoms with Gasteiger partial charge >= 0.3 is 0 Å². The Bertz CT molecular complexity index is 590. The number of rotatable bonds is 2. The highest BCUT2D eigenvalue weighted by atomic mass is 32.1. The van der Waals surface area contributed by atoms with E-state index in [1.165, 1.54) is 4.88 Å². The van der Waals surface area contributed by atoms with Gasteiger partial charge in [-0.2, -0.15) is 5.10 Å². The number of hydrogen-bond donors (Lipinski definition) is 2. The van der Waals surface area contributed by atoms with Crippen molar-refractivity contribution in [3.8, 4) is 5.75 Å². The van der Waals surface area contributed by atoms with Crippen LogP contribution in [0.3, 0.4) is 0 Å². The first-order chi connectivity index (χ1) is 8.74. The summed E-state index contributed by atoms with van der Waals surface area (Å²) in [5.41, 5.74) is 6.15. The van der Waals surface area contributed by atoms with E-state index in [-0.39, 0.29) is 6.04 Å². The van der Waals surface area contributed by atoms with Gasteiger partial charge in [-0.05, 0) is 30.0 Å². The van der Waals surface area contributed by atoms with Gasteiger partial charge in [-0.1, -0.05) is 18.2 Å². The number of aryl methyl sites for hydroxylation is 1. The molecule has 0 saturated carbocycles. The Morgan fingerprint density at radius 3 is 3.00 bits per heavy atom. The molecular weight excluding hydrogens is 244 g/mol. The van der Waals surface area contributed by atoms with Gasteiger partial charge < -0.3 is 10.5 Å². The summed E-state index contributed by atoms with van der Waals surface area (Å²) in [4.78, 5) is 1.19. The highest BCUT2D eigenvalue weighted by Gasteiger charge is 2.23. The maximum absolute atomic E-state index is 9.98. The Kier molecular flexibility index (Phi) is 2.80. The summed E-state index contributed by atoms with van der Waals surface area (Å²) >= 11 is 1.69. The van der Waals surface area contributed by atoms with Crippen LogP contribution in [0.2, 0.25) is 0 Å². The van der Waals surface area contributed by atoms with Gasteiger partial charge in [-0.3, -0.25) is 0 Å². The minimum absolute atomic E-state index is 0.0719. The SMILES string of the molecule is Cc1ccc(C2CC(c3cccs3)=NN2)c(O)c1. The van der Waals surface area contributed by atoms with Crippen molar-refractivity contribution >= 4 is 17.0 Å². The number of nitrogens with zero attached hydrogens (tertiary/aromatic N) is 1. The average Bonchev–Trinajstić information content (AvgIpc) is 2.99. The van der Waals surface area contributed by atoms with Crippen LogP contribution in [0.15, 0.2) is 40.8 Å². The van der Waals surface area contributed by atoms with Crippen molar-refractivity contribution < 1.29 is 5.11 Å². The lowest BCUT2D eigenvalue weighted by atomic mass is 10.00. The first-order valence-electron chi connectivity index (χ1n) is 5.89. The van der Waals surface area contributed by atoms with E-state index in [1.54, 1.807) is 17.4 Å². The van der Waals surface area contributed by atoms with Gasteiger partial charge in [0, 0.05) is 12.0 Å². The largest absolute Gasteiger partial charge is 0.508 e. The van der Waals surface area contributed by atoms with Crippen molar-refractivity contribution in [1.82, 2.24) is 5.43 Å². The number of phenolic OH excluding ortho intramolecular Hbond substituents is 1. The molecule has 0 radical (unpaired) electrons. The Morgan fingerprint density at radius 2 is 2.28 bits per heavy atom. The summed E-state index contributed by atoms with van der Waals surface area (Å²) in [5.74, 6) is 0.343. The maximum Gasteiger partial charge on any atom is 0.121 e. The van der Waals surface area contributed by atoms with E-state index in [1.807, 2.05) is 25.1 Å². The number of hydrazone groups is 1. The van der Waals surface area contributed by atoms with Gasteiger partial charge in [-0.15, -0.1) is 11.3 Å². The molecule has 0 bridgehead atoms. The molecule has 0 spiro atoms. The van der Waals surface area contributed by atoms with Crippen LogP contribution in [0.25, 0.3) is 0 Å². The van der Waals surface area contributed by atoms with Crippen molar-refractivity contribution in [2.24, 2.45) is 5.10 Å². The zero-order valence-corrected chi connectivity index (χ0v) is 10.9. The fourth-order valence-corrected chi connectivity index (χ4v) is 2.89. The van der Waals surface area contributed by atoms with Gasteiger partial charge in [0.05, 0.1) is 16.6 Å². The second-order valence-electron chi connectivity index (χ2n) is 4.48. The molecule has 3 nitrogen and oxygen atoms in total. The first kappa shape index (κ1) is 11.3. The molecule has 1 aliphatic heterocycles. The molecule has 2 N–H and O–H groups in total. The van der Waals surface area contributed by atoms with Gasteiger partial charge in [0.2, 0.25) is 0 Å². The zero-order chi connectivity index (χ0) is 12.5. The molecular formula is C14H14N2OS. The van der Waals surface area contributed by atoms with Gasteiger partial charge in [0.15, 0.2) is 0 Å². The van der Waals surface area contributed by atoms with Crippen molar-refractivity contribution in [2.75, 3.05) is 0 Å². The summed E-state index contributed by atoms with van der Waals surface area (Å²) in [5, 5.41) is 16.4. The minimum atomic E-state index is 0.0719. The second-order valence-corrected chi connectivity index (χ2v) is 5.43. The average molecular weight is 258 g/mol. The summed E-state index contributed by atoms with van der Waals surface area (Å²) in [7, 11) is 0. The summed E-state index contributed by atoms with van der Waals surface area (Å²) in [6, 6.07) is 9.94. The monoisotopic (exact) mass is 258 g/mol. The van der Waals surface area contributed by atoms with E-state index < -0.39 is 0 Å². The Hall–Kier alpha value is -1.81. The van der Waals surface area contributed by atoms with Crippen molar-refractivity contribution in [3.63, 3.8) is 0 Å². The molecule has 18 heavy (non-hydrogen) atoms. The Morgan fingerprint density at radius 1 is 1.39 bits per heavy atom. The molecule has 92 valence electrons. The quantitative estimate of drug-likeness (QED) is 0.868. The van der Waals surface area contributed by atoms with Crippen LogP contribution in [0, 0.1) is 6.92 Å². The molecule has 2 heterocycles. The first-order valence-corrected chi connectivity index (χ1v) is 6.77. The molecule has 0 aliphatic carbocycles. The van der Waals surface area contributed by atoms with E-state index in [9.17, 15) is 5.11 Å². The van der Waals surface area contributed by atoms with Crippen LogP contribution in [0.1, 0.15) is 28.5 Å². The van der Waals surface area contributed by atoms with E-state index in [0.717, 1.165) is 23.3 Å². The van der Waals surface area contributed by atoms with Crippen molar-refractivity contribution in [3.05, 3.63) is 51.7 Å². The predicted octanol–water partition coefficient (Wildman–Crippen LogP) is 3.20. The van der Waals surface area contributed by atoms with Crippen LogP contribution in [0.5, 0.6) is 5.75 Å². The third-order valence-electron chi connectivity index (χ3n) is 3.12. The standard InChI is InChI=1S/C14H14N2OS/c1-9-4-5-10(13(17)7-9)11-8-12(16-15-11)14-3-2-6-18-14/h2-7,11,15,17H,8H2,1H3. The van der Waals surface area contributed by atoms with E-state index >= 15 is 0 Å². The number of hydrogen-bond acceptors (Lipinski definition) is 4. The van der Waals surface area contributed by atoms with Gasteiger partial charge in [-0.25, -0.2) is 0 Å². The number of thiophene rings is 1. The Labute approximate surface area is 110 Å². The summed E-state index contributed by atoms with van der Waals surface area (Å²) in [6.45, 7) is 1.97. The minimum Gasteiger partial charge on any atom is -0.508 e. The molecule has 1 aromatic heterocycles. The summed E-state index contributed by atoms with van der Waals surface area (Å²) < 4.78 is 0. The number of aromatic hydroxyl groups is 1. The third-order valence-corrected chi connectivity index (χ3v) is 4.04. The number of phenols is 1. The normalized spacial score (nSPS) is 18.5.